The number of methoxy groups -OCH3 is 1. The lowest BCUT2D eigenvalue weighted by Gasteiger charge is -2.14. The molecule has 1 aliphatic rings. The third kappa shape index (κ3) is 3.15. The van der Waals surface area contributed by atoms with Gasteiger partial charge in [0.1, 0.15) is 5.82 Å². The molecule has 1 heterocycles. The number of carbonyl (C=O) groups is 2. The highest BCUT2D eigenvalue weighted by atomic mass is 19.1. The van der Waals surface area contributed by atoms with Gasteiger partial charge in [-0.2, -0.15) is 5.10 Å². The van der Waals surface area contributed by atoms with Gasteiger partial charge in [-0.05, 0) is 49.9 Å². The second-order valence-electron chi connectivity index (χ2n) is 5.52. The molecule has 0 aliphatic heterocycles. The van der Waals surface area contributed by atoms with Crippen LogP contribution < -0.4 is 0 Å². The van der Waals surface area contributed by atoms with Crippen molar-refractivity contribution in [2.45, 2.75) is 25.7 Å². The van der Waals surface area contributed by atoms with E-state index in [0.717, 1.165) is 36.9 Å². The quantitative estimate of drug-likeness (QED) is 0.803. The Bertz CT molecular complexity index is 768. The highest BCUT2D eigenvalue weighted by Gasteiger charge is 2.27. The molecule has 0 radical (unpaired) electrons. The van der Waals surface area contributed by atoms with Gasteiger partial charge in [0, 0.05) is 11.3 Å². The summed E-state index contributed by atoms with van der Waals surface area (Å²) in [5.41, 5.74) is 2.65. The number of carbonyl (C=O) groups excluding carboxylic acids is 2. The van der Waals surface area contributed by atoms with Crippen molar-refractivity contribution in [3.63, 3.8) is 0 Å². The Hall–Kier alpha value is -2.70. The van der Waals surface area contributed by atoms with Gasteiger partial charge in [0.05, 0.1) is 12.8 Å². The third-order valence-electron chi connectivity index (χ3n) is 3.99. The summed E-state index contributed by atoms with van der Waals surface area (Å²) in [5.74, 6) is -1.62. The van der Waals surface area contributed by atoms with Gasteiger partial charge in [0.2, 0.25) is 0 Å². The Labute approximate surface area is 138 Å². The zero-order valence-corrected chi connectivity index (χ0v) is 13.3. The molecule has 126 valence electrons. The Morgan fingerprint density at radius 1 is 1.21 bits per heavy atom. The first-order chi connectivity index (χ1) is 11.6. The predicted octanol–water partition coefficient (Wildman–Crippen LogP) is 2.22. The molecule has 3 rings (SSSR count). The number of aromatic nitrogens is 2. The Kier molecular flexibility index (Phi) is 4.59. The first-order valence-electron chi connectivity index (χ1n) is 7.71. The van der Waals surface area contributed by atoms with E-state index in [9.17, 15) is 14.0 Å². The van der Waals surface area contributed by atoms with Gasteiger partial charge in [0.25, 0.3) is 0 Å². The summed E-state index contributed by atoms with van der Waals surface area (Å²) in [6.45, 7) is -0.451. The molecule has 7 heteroatoms. The van der Waals surface area contributed by atoms with Gasteiger partial charge in [0.15, 0.2) is 12.3 Å². The molecule has 0 saturated heterocycles. The van der Waals surface area contributed by atoms with Gasteiger partial charge in [-0.1, -0.05) is 0 Å². The average Bonchev–Trinajstić information content (AvgIpc) is 3.00. The molecule has 0 spiro atoms. The number of halogens is 1. The van der Waals surface area contributed by atoms with Gasteiger partial charge >= 0.3 is 11.9 Å². The van der Waals surface area contributed by atoms with Crippen molar-refractivity contribution in [1.29, 1.82) is 0 Å². The highest BCUT2D eigenvalue weighted by molar-refractivity contribution is 5.90. The van der Waals surface area contributed by atoms with E-state index < -0.39 is 18.5 Å². The lowest BCUT2D eigenvalue weighted by Crippen LogP contribution is -2.17. The first-order valence-corrected chi connectivity index (χ1v) is 7.71. The van der Waals surface area contributed by atoms with Crippen LogP contribution in [0.5, 0.6) is 0 Å². The largest absolute Gasteiger partial charge is 0.466 e. The fraction of sp³-hybridized carbons (Fsp3) is 0.353. The molecule has 0 bridgehead atoms. The number of fused-ring (bicyclic) bond motifs is 1. The van der Waals surface area contributed by atoms with Crippen LogP contribution in [-0.2, 0) is 27.1 Å². The van der Waals surface area contributed by atoms with Gasteiger partial charge < -0.3 is 9.47 Å². The number of ether oxygens (including phenoxy) is 2. The van der Waals surface area contributed by atoms with Crippen molar-refractivity contribution < 1.29 is 23.5 Å². The molecule has 0 amide bonds. The molecular weight excluding hydrogens is 315 g/mol. The maximum absolute atomic E-state index is 13.1. The van der Waals surface area contributed by atoms with Crippen LogP contribution in [0, 0.1) is 5.82 Å². The van der Waals surface area contributed by atoms with E-state index in [0.29, 0.717) is 5.69 Å². The van der Waals surface area contributed by atoms with Gasteiger partial charge in [-0.25, -0.2) is 18.7 Å². The maximum Gasteiger partial charge on any atom is 0.359 e. The van der Waals surface area contributed by atoms with E-state index in [4.69, 9.17) is 4.74 Å². The van der Waals surface area contributed by atoms with Crippen molar-refractivity contribution in [2.75, 3.05) is 13.7 Å². The Balaban J connectivity index is 1.94. The average molecular weight is 332 g/mol. The summed E-state index contributed by atoms with van der Waals surface area (Å²) in [6.07, 6.45) is 3.46. The van der Waals surface area contributed by atoms with Crippen molar-refractivity contribution in [3.8, 4) is 5.69 Å². The highest BCUT2D eigenvalue weighted by Crippen LogP contribution is 2.27. The molecule has 0 N–H and O–H groups in total. The monoisotopic (exact) mass is 332 g/mol. The predicted molar refractivity (Wildman–Crippen MR) is 82.5 cm³/mol. The summed E-state index contributed by atoms with van der Waals surface area (Å²) in [7, 11) is 1.22. The van der Waals surface area contributed by atoms with Crippen LogP contribution in [0.1, 0.15) is 34.6 Å². The molecule has 0 fully saturated rings. The molecule has 0 unspecified atom stereocenters. The summed E-state index contributed by atoms with van der Waals surface area (Å²) in [6, 6.07) is 5.92. The minimum Gasteiger partial charge on any atom is -0.466 e. The minimum absolute atomic E-state index is 0.206. The fourth-order valence-corrected chi connectivity index (χ4v) is 2.81. The molecule has 0 atom stereocenters. The van der Waals surface area contributed by atoms with E-state index >= 15 is 0 Å². The fourth-order valence-electron chi connectivity index (χ4n) is 2.81. The van der Waals surface area contributed by atoms with Crippen molar-refractivity contribution in [2.24, 2.45) is 0 Å². The number of hydrogen-bond donors (Lipinski definition) is 0. The second kappa shape index (κ2) is 6.82. The molecule has 0 saturated carbocycles. The van der Waals surface area contributed by atoms with Crippen LogP contribution in [0.25, 0.3) is 5.69 Å². The number of hydrogen-bond acceptors (Lipinski definition) is 5. The Morgan fingerprint density at radius 2 is 1.92 bits per heavy atom. The van der Waals surface area contributed by atoms with Crippen molar-refractivity contribution in [3.05, 3.63) is 47.0 Å². The van der Waals surface area contributed by atoms with E-state index in [1.165, 1.54) is 19.2 Å². The van der Waals surface area contributed by atoms with Gasteiger partial charge in [-0.15, -0.1) is 0 Å². The second-order valence-corrected chi connectivity index (χ2v) is 5.52. The molecule has 2 aromatic rings. The van der Waals surface area contributed by atoms with Crippen LogP contribution in [0.15, 0.2) is 24.3 Å². The minimum atomic E-state index is -0.653. The lowest BCUT2D eigenvalue weighted by atomic mass is 9.95. The van der Waals surface area contributed by atoms with E-state index in [-0.39, 0.29) is 11.5 Å². The number of nitrogens with zero attached hydrogens (tertiary/aromatic N) is 2. The standard InChI is InChI=1S/C17H17FN2O4/c1-23-15(21)10-24-17(22)16-13-4-2-3-5-14(13)20(19-16)12-8-6-11(18)7-9-12/h6-9H,2-5,10H2,1H3. The van der Waals surface area contributed by atoms with Gasteiger partial charge in [-0.3, -0.25) is 0 Å². The molecule has 1 aromatic heterocycles. The van der Waals surface area contributed by atoms with E-state index in [1.54, 1.807) is 16.8 Å². The summed E-state index contributed by atoms with van der Waals surface area (Å²) in [5, 5.41) is 4.36. The zero-order chi connectivity index (χ0) is 17.1. The number of benzene rings is 1. The van der Waals surface area contributed by atoms with E-state index in [1.807, 2.05) is 0 Å². The first kappa shape index (κ1) is 16.2. The summed E-state index contributed by atoms with van der Waals surface area (Å²) >= 11 is 0. The maximum atomic E-state index is 13.1. The van der Waals surface area contributed by atoms with Crippen LogP contribution in [0.4, 0.5) is 4.39 Å². The molecule has 1 aliphatic carbocycles. The lowest BCUT2D eigenvalue weighted by molar-refractivity contribution is -0.144. The smallest absolute Gasteiger partial charge is 0.359 e. The van der Waals surface area contributed by atoms with E-state index in [2.05, 4.69) is 9.84 Å². The number of rotatable bonds is 4. The SMILES string of the molecule is COC(=O)COC(=O)c1nn(-c2ccc(F)cc2)c2c1CCCC2. The number of esters is 2. The molecule has 6 nitrogen and oxygen atoms in total. The summed E-state index contributed by atoms with van der Waals surface area (Å²) in [4.78, 5) is 23.4. The normalized spacial score (nSPS) is 13.2. The topological polar surface area (TPSA) is 70.4 Å². The van der Waals surface area contributed by atoms with Crippen LogP contribution in [0.2, 0.25) is 0 Å². The van der Waals surface area contributed by atoms with Crippen molar-refractivity contribution in [1.82, 2.24) is 9.78 Å². The Morgan fingerprint density at radius 3 is 2.62 bits per heavy atom. The zero-order valence-electron chi connectivity index (χ0n) is 13.3. The summed E-state index contributed by atoms with van der Waals surface area (Å²) < 4.78 is 24.2. The van der Waals surface area contributed by atoms with Crippen LogP contribution in [-0.4, -0.2) is 35.4 Å². The van der Waals surface area contributed by atoms with Crippen LogP contribution >= 0.6 is 0 Å². The molecule has 24 heavy (non-hydrogen) atoms. The molecule has 1 aromatic carbocycles. The third-order valence-corrected chi connectivity index (χ3v) is 3.99. The van der Waals surface area contributed by atoms with Crippen LogP contribution in [0.3, 0.4) is 0 Å². The molecular formula is C17H17FN2O4. The van der Waals surface area contributed by atoms with Crippen molar-refractivity contribution >= 4 is 11.9 Å².